The molecule has 0 aliphatic heterocycles. The van der Waals surface area contributed by atoms with Crippen molar-refractivity contribution in [3.63, 3.8) is 0 Å². The Kier molecular flexibility index (Phi) is 3.62. The van der Waals surface area contributed by atoms with Crippen molar-refractivity contribution in [2.45, 2.75) is 20.0 Å². The summed E-state index contributed by atoms with van der Waals surface area (Å²) in [5.74, 6) is 0.443. The van der Waals surface area contributed by atoms with Crippen LogP contribution in [0.3, 0.4) is 0 Å². The van der Waals surface area contributed by atoms with Crippen LogP contribution in [0.1, 0.15) is 12.5 Å². The predicted molar refractivity (Wildman–Crippen MR) is 70.8 cm³/mol. The molecule has 94 valence electrons. The molecule has 0 saturated heterocycles. The zero-order valence-corrected chi connectivity index (χ0v) is 10.1. The molecule has 1 heterocycles. The summed E-state index contributed by atoms with van der Waals surface area (Å²) in [5, 5.41) is 3.03. The largest absolute Gasteiger partial charge is 0.367 e. The molecule has 0 atom stereocenters. The third-order valence-electron chi connectivity index (χ3n) is 2.66. The maximum atomic E-state index is 11.6. The van der Waals surface area contributed by atoms with Gasteiger partial charge in [-0.3, -0.25) is 14.3 Å². The number of hydrogen-bond acceptors (Lipinski definition) is 3. The van der Waals surface area contributed by atoms with E-state index in [1.807, 2.05) is 30.3 Å². The van der Waals surface area contributed by atoms with Crippen molar-refractivity contribution in [1.82, 2.24) is 9.55 Å². The molecule has 0 aliphatic carbocycles. The normalized spacial score (nSPS) is 10.3. The lowest BCUT2D eigenvalue weighted by Crippen LogP contribution is -2.34. The van der Waals surface area contributed by atoms with Gasteiger partial charge in [-0.25, -0.2) is 4.79 Å². The minimum absolute atomic E-state index is 0.295. The van der Waals surface area contributed by atoms with E-state index in [0.29, 0.717) is 18.9 Å². The maximum absolute atomic E-state index is 11.6. The molecule has 5 nitrogen and oxygen atoms in total. The van der Waals surface area contributed by atoms with Crippen LogP contribution in [0, 0.1) is 0 Å². The van der Waals surface area contributed by atoms with E-state index < -0.39 is 0 Å². The lowest BCUT2D eigenvalue weighted by Gasteiger charge is -2.07. The zero-order valence-electron chi connectivity index (χ0n) is 10.1. The summed E-state index contributed by atoms with van der Waals surface area (Å²) < 4.78 is 1.15. The minimum Gasteiger partial charge on any atom is -0.367 e. The molecular formula is C13H15N3O2. The Morgan fingerprint density at radius 2 is 1.94 bits per heavy atom. The Morgan fingerprint density at radius 1 is 1.22 bits per heavy atom. The molecule has 0 saturated carbocycles. The van der Waals surface area contributed by atoms with Crippen LogP contribution in [0.15, 0.2) is 46.0 Å². The first kappa shape index (κ1) is 12.2. The number of anilines is 1. The van der Waals surface area contributed by atoms with Crippen molar-refractivity contribution in [1.29, 1.82) is 0 Å². The van der Waals surface area contributed by atoms with Gasteiger partial charge in [-0.05, 0) is 12.5 Å². The van der Waals surface area contributed by atoms with Gasteiger partial charge in [0, 0.05) is 19.2 Å². The van der Waals surface area contributed by atoms with Gasteiger partial charge in [0.05, 0.1) is 0 Å². The minimum atomic E-state index is -0.388. The molecule has 0 fully saturated rings. The number of aromatic nitrogens is 2. The van der Waals surface area contributed by atoms with Gasteiger partial charge in [0.2, 0.25) is 0 Å². The van der Waals surface area contributed by atoms with E-state index in [0.717, 1.165) is 10.1 Å². The molecule has 2 aromatic rings. The first-order chi connectivity index (χ1) is 8.70. The Hall–Kier alpha value is -2.30. The van der Waals surface area contributed by atoms with Crippen molar-refractivity contribution in [2.75, 3.05) is 5.32 Å². The van der Waals surface area contributed by atoms with Crippen LogP contribution in [0.5, 0.6) is 0 Å². The van der Waals surface area contributed by atoms with Crippen LogP contribution in [0.4, 0.5) is 5.82 Å². The molecule has 0 aliphatic rings. The van der Waals surface area contributed by atoms with Gasteiger partial charge in [0.25, 0.3) is 5.56 Å². The van der Waals surface area contributed by atoms with E-state index in [1.54, 1.807) is 6.92 Å². The van der Waals surface area contributed by atoms with Crippen LogP contribution in [-0.2, 0) is 13.1 Å². The highest BCUT2D eigenvalue weighted by atomic mass is 16.2. The maximum Gasteiger partial charge on any atom is 0.329 e. The Morgan fingerprint density at radius 3 is 2.56 bits per heavy atom. The number of hydrogen-bond donors (Lipinski definition) is 2. The van der Waals surface area contributed by atoms with Gasteiger partial charge < -0.3 is 5.32 Å². The second-order valence-corrected chi connectivity index (χ2v) is 3.91. The van der Waals surface area contributed by atoms with Crippen LogP contribution in [-0.4, -0.2) is 9.55 Å². The number of nitrogens with one attached hydrogen (secondary N) is 2. The van der Waals surface area contributed by atoms with Crippen molar-refractivity contribution in [3.8, 4) is 0 Å². The lowest BCUT2D eigenvalue weighted by molar-refractivity contribution is 0.673. The number of H-pyrrole nitrogens is 1. The van der Waals surface area contributed by atoms with Crippen LogP contribution >= 0.6 is 0 Å². The molecule has 5 heteroatoms. The van der Waals surface area contributed by atoms with Gasteiger partial charge in [0.15, 0.2) is 0 Å². The van der Waals surface area contributed by atoms with Gasteiger partial charge in [-0.15, -0.1) is 0 Å². The van der Waals surface area contributed by atoms with Crippen LogP contribution in [0.25, 0.3) is 0 Å². The number of aromatic amines is 1. The SMILES string of the molecule is CCn1c(=O)cc(NCc2ccccc2)[nH]c1=O. The number of benzene rings is 1. The summed E-state index contributed by atoms with van der Waals surface area (Å²) >= 11 is 0. The number of nitrogens with zero attached hydrogens (tertiary/aromatic N) is 1. The second-order valence-electron chi connectivity index (χ2n) is 3.91. The van der Waals surface area contributed by atoms with Crippen molar-refractivity contribution >= 4 is 5.82 Å². The summed E-state index contributed by atoms with van der Waals surface area (Å²) in [5.41, 5.74) is 0.399. The average molecular weight is 245 g/mol. The highest BCUT2D eigenvalue weighted by molar-refractivity contribution is 5.33. The smallest absolute Gasteiger partial charge is 0.329 e. The van der Waals surface area contributed by atoms with Crippen molar-refractivity contribution in [3.05, 3.63) is 62.8 Å². The van der Waals surface area contributed by atoms with E-state index in [-0.39, 0.29) is 11.2 Å². The van der Waals surface area contributed by atoms with Gasteiger partial charge in [-0.2, -0.15) is 0 Å². The molecule has 0 unspecified atom stereocenters. The molecule has 0 bridgehead atoms. The second kappa shape index (κ2) is 5.35. The monoisotopic (exact) mass is 245 g/mol. The fourth-order valence-electron chi connectivity index (χ4n) is 1.71. The summed E-state index contributed by atoms with van der Waals surface area (Å²) in [6.45, 7) is 2.69. The molecule has 18 heavy (non-hydrogen) atoms. The van der Waals surface area contributed by atoms with Crippen LogP contribution in [0.2, 0.25) is 0 Å². The third kappa shape index (κ3) is 2.68. The van der Waals surface area contributed by atoms with Crippen molar-refractivity contribution in [2.24, 2.45) is 0 Å². The van der Waals surface area contributed by atoms with E-state index in [9.17, 15) is 9.59 Å². The van der Waals surface area contributed by atoms with Gasteiger partial charge in [0.1, 0.15) is 5.82 Å². The van der Waals surface area contributed by atoms with Gasteiger partial charge in [-0.1, -0.05) is 30.3 Å². The highest BCUT2D eigenvalue weighted by Gasteiger charge is 2.01. The Bertz CT molecular complexity index is 597. The topological polar surface area (TPSA) is 66.9 Å². The molecule has 2 N–H and O–H groups in total. The van der Waals surface area contributed by atoms with Gasteiger partial charge >= 0.3 is 5.69 Å². The van der Waals surface area contributed by atoms with Crippen LogP contribution < -0.4 is 16.6 Å². The Balaban J connectivity index is 2.16. The summed E-state index contributed by atoms with van der Waals surface area (Å²) in [6, 6.07) is 11.2. The van der Waals surface area contributed by atoms with E-state index >= 15 is 0 Å². The molecule has 0 amide bonds. The Labute approximate surface area is 104 Å². The first-order valence-corrected chi connectivity index (χ1v) is 5.82. The van der Waals surface area contributed by atoms with E-state index in [2.05, 4.69) is 10.3 Å². The fraction of sp³-hybridized carbons (Fsp3) is 0.231. The fourth-order valence-corrected chi connectivity index (χ4v) is 1.71. The highest BCUT2D eigenvalue weighted by Crippen LogP contribution is 2.02. The van der Waals surface area contributed by atoms with E-state index in [1.165, 1.54) is 6.07 Å². The zero-order chi connectivity index (χ0) is 13.0. The molecule has 1 aromatic heterocycles. The molecule has 1 aromatic carbocycles. The lowest BCUT2D eigenvalue weighted by atomic mass is 10.2. The quantitative estimate of drug-likeness (QED) is 0.849. The molecule has 2 rings (SSSR count). The molecular weight excluding hydrogens is 230 g/mol. The summed E-state index contributed by atoms with van der Waals surface area (Å²) in [7, 11) is 0. The first-order valence-electron chi connectivity index (χ1n) is 5.82. The summed E-state index contributed by atoms with van der Waals surface area (Å²) in [4.78, 5) is 25.8. The third-order valence-corrected chi connectivity index (χ3v) is 2.66. The molecule has 0 radical (unpaired) electrons. The van der Waals surface area contributed by atoms with Crippen molar-refractivity contribution < 1.29 is 0 Å². The average Bonchev–Trinajstić information content (AvgIpc) is 2.37. The predicted octanol–water partition coefficient (Wildman–Crippen LogP) is 1.17. The number of rotatable bonds is 4. The standard InChI is InChI=1S/C13H15N3O2/c1-2-16-12(17)8-11(15-13(16)18)14-9-10-6-4-3-5-7-10/h3-8,14H,2,9H2,1H3,(H,15,18). The van der Waals surface area contributed by atoms with E-state index in [4.69, 9.17) is 0 Å². The molecule has 0 spiro atoms. The summed E-state index contributed by atoms with van der Waals surface area (Å²) in [6.07, 6.45) is 0.